The van der Waals surface area contributed by atoms with Crippen LogP contribution < -0.4 is 10.6 Å². The van der Waals surface area contributed by atoms with E-state index in [2.05, 4.69) is 15.6 Å². The second kappa shape index (κ2) is 7.27. The molecule has 0 fully saturated rings. The summed E-state index contributed by atoms with van der Waals surface area (Å²) in [5, 5.41) is 16.2. The van der Waals surface area contributed by atoms with E-state index < -0.39 is 11.0 Å². The molecule has 0 saturated heterocycles. The fourth-order valence-corrected chi connectivity index (χ4v) is 1.38. The van der Waals surface area contributed by atoms with Crippen molar-refractivity contribution in [3.05, 3.63) is 28.6 Å². The number of nitrogens with one attached hydrogen (secondary N) is 2. The molecule has 1 aromatic rings. The summed E-state index contributed by atoms with van der Waals surface area (Å²) in [6.45, 7) is 2.42. The van der Waals surface area contributed by atoms with Gasteiger partial charge in [0.25, 0.3) is 0 Å². The molecule has 8 heteroatoms. The van der Waals surface area contributed by atoms with Crippen molar-refractivity contribution in [2.45, 2.75) is 13.0 Å². The molecule has 0 bridgehead atoms. The zero-order valence-corrected chi connectivity index (χ0v) is 10.8. The maximum absolute atomic E-state index is 11.7. The van der Waals surface area contributed by atoms with Crippen molar-refractivity contribution in [2.75, 3.05) is 25.6 Å². The highest BCUT2D eigenvalue weighted by Crippen LogP contribution is 2.22. The quantitative estimate of drug-likeness (QED) is 0.425. The fourth-order valence-electron chi connectivity index (χ4n) is 1.38. The first-order chi connectivity index (χ1) is 9.06. The Bertz CT molecular complexity index is 452. The molecule has 104 valence electrons. The van der Waals surface area contributed by atoms with Crippen LogP contribution in [0, 0.1) is 10.1 Å². The van der Waals surface area contributed by atoms with Gasteiger partial charge in [0.1, 0.15) is 17.9 Å². The van der Waals surface area contributed by atoms with E-state index in [9.17, 15) is 14.9 Å². The molecule has 1 unspecified atom stereocenters. The lowest BCUT2D eigenvalue weighted by molar-refractivity contribution is -0.384. The Morgan fingerprint density at radius 3 is 3.00 bits per heavy atom. The third kappa shape index (κ3) is 4.51. The summed E-state index contributed by atoms with van der Waals surface area (Å²) < 4.78 is 4.81. The molecule has 0 aliphatic heterocycles. The molecule has 0 radical (unpaired) electrons. The minimum Gasteiger partial charge on any atom is -0.383 e. The van der Waals surface area contributed by atoms with Crippen LogP contribution in [0.1, 0.15) is 6.92 Å². The van der Waals surface area contributed by atoms with Crippen molar-refractivity contribution in [1.29, 1.82) is 0 Å². The summed E-state index contributed by atoms with van der Waals surface area (Å²) in [4.78, 5) is 25.6. The summed E-state index contributed by atoms with van der Waals surface area (Å²) in [6, 6.07) is 0.856. The van der Waals surface area contributed by atoms with E-state index in [0.29, 0.717) is 13.2 Å². The average molecular weight is 268 g/mol. The van der Waals surface area contributed by atoms with Crippen LogP contribution in [0.3, 0.4) is 0 Å². The number of aromatic nitrogens is 1. The molecule has 0 aromatic carbocycles. The average Bonchev–Trinajstić information content (AvgIpc) is 2.39. The number of hydrogen-bond acceptors (Lipinski definition) is 6. The molecule has 1 rings (SSSR count). The molecule has 0 aliphatic rings. The van der Waals surface area contributed by atoms with E-state index in [0.717, 1.165) is 6.20 Å². The Morgan fingerprint density at radius 2 is 2.37 bits per heavy atom. The number of amides is 1. The van der Waals surface area contributed by atoms with Gasteiger partial charge in [-0.3, -0.25) is 19.9 Å². The minimum absolute atomic E-state index is 0.168. The highest BCUT2D eigenvalue weighted by Gasteiger charge is 2.18. The fraction of sp³-hybridized carbons (Fsp3) is 0.455. The van der Waals surface area contributed by atoms with E-state index in [-0.39, 0.29) is 17.3 Å². The maximum atomic E-state index is 11.7. The van der Waals surface area contributed by atoms with Gasteiger partial charge in [0.05, 0.1) is 11.5 Å². The van der Waals surface area contributed by atoms with Crippen LogP contribution in [0.25, 0.3) is 0 Å². The zero-order valence-electron chi connectivity index (χ0n) is 10.8. The summed E-state index contributed by atoms with van der Waals surface area (Å²) in [7, 11) is 1.54. The molecule has 1 atom stereocenters. The largest absolute Gasteiger partial charge is 0.383 e. The number of pyridine rings is 1. The molecule has 1 heterocycles. The van der Waals surface area contributed by atoms with Gasteiger partial charge < -0.3 is 15.4 Å². The number of hydrogen-bond donors (Lipinski definition) is 2. The van der Waals surface area contributed by atoms with E-state index in [1.165, 1.54) is 19.4 Å². The number of nitrogens with zero attached hydrogens (tertiary/aromatic N) is 2. The van der Waals surface area contributed by atoms with Crippen LogP contribution in [0.2, 0.25) is 0 Å². The van der Waals surface area contributed by atoms with Crippen molar-refractivity contribution < 1.29 is 14.5 Å². The number of carbonyl (C=O) groups excluding carboxylic acids is 1. The molecule has 2 N–H and O–H groups in total. The van der Waals surface area contributed by atoms with Gasteiger partial charge in [-0.05, 0) is 13.0 Å². The lowest BCUT2D eigenvalue weighted by Gasteiger charge is -2.14. The SMILES string of the molecule is COCCNC(=O)C(C)Nc1ccncc1[N+](=O)[O-]. The number of ether oxygens (including phenoxy) is 1. The first-order valence-corrected chi connectivity index (χ1v) is 5.68. The monoisotopic (exact) mass is 268 g/mol. The van der Waals surface area contributed by atoms with Crippen molar-refractivity contribution in [3.63, 3.8) is 0 Å². The van der Waals surface area contributed by atoms with Crippen LogP contribution >= 0.6 is 0 Å². The number of carbonyl (C=O) groups is 1. The van der Waals surface area contributed by atoms with Crippen molar-refractivity contribution in [2.24, 2.45) is 0 Å². The summed E-state index contributed by atoms with van der Waals surface area (Å²) in [5.74, 6) is -0.261. The van der Waals surface area contributed by atoms with E-state index in [4.69, 9.17) is 4.74 Å². The lowest BCUT2D eigenvalue weighted by atomic mass is 10.2. The Kier molecular flexibility index (Phi) is 5.68. The van der Waals surface area contributed by atoms with Crippen molar-refractivity contribution in [3.8, 4) is 0 Å². The first kappa shape index (κ1) is 14.8. The van der Waals surface area contributed by atoms with Crippen LogP contribution in [-0.2, 0) is 9.53 Å². The molecule has 8 nitrogen and oxygen atoms in total. The van der Waals surface area contributed by atoms with Crippen LogP contribution in [0.15, 0.2) is 18.5 Å². The summed E-state index contributed by atoms with van der Waals surface area (Å²) in [5.41, 5.74) is 0.0911. The van der Waals surface area contributed by atoms with Crippen LogP contribution in [0.5, 0.6) is 0 Å². The minimum atomic E-state index is -0.599. The highest BCUT2D eigenvalue weighted by molar-refractivity contribution is 5.84. The van der Waals surface area contributed by atoms with Crippen LogP contribution in [0.4, 0.5) is 11.4 Å². The second-order valence-corrected chi connectivity index (χ2v) is 3.80. The third-order valence-corrected chi connectivity index (χ3v) is 2.37. The van der Waals surface area contributed by atoms with E-state index >= 15 is 0 Å². The topological polar surface area (TPSA) is 106 Å². The predicted molar refractivity (Wildman–Crippen MR) is 68.9 cm³/mol. The standard InChI is InChI=1S/C11H16N4O4/c1-8(11(16)13-5-6-19-2)14-9-3-4-12-7-10(9)15(17)18/h3-4,7-8H,5-6H2,1-2H3,(H,12,14)(H,13,16). The van der Waals surface area contributed by atoms with E-state index in [1.54, 1.807) is 6.92 Å². The molecular formula is C11H16N4O4. The van der Waals surface area contributed by atoms with Gasteiger partial charge in [-0.1, -0.05) is 0 Å². The van der Waals surface area contributed by atoms with Gasteiger partial charge in [-0.15, -0.1) is 0 Å². The molecular weight excluding hydrogens is 252 g/mol. The lowest BCUT2D eigenvalue weighted by Crippen LogP contribution is -2.39. The Hall–Kier alpha value is -2.22. The van der Waals surface area contributed by atoms with Crippen LogP contribution in [-0.4, -0.2) is 42.1 Å². The van der Waals surface area contributed by atoms with Gasteiger partial charge >= 0.3 is 5.69 Å². The summed E-state index contributed by atoms with van der Waals surface area (Å²) in [6.07, 6.45) is 2.56. The normalized spacial score (nSPS) is 11.7. The second-order valence-electron chi connectivity index (χ2n) is 3.80. The molecule has 1 amide bonds. The Labute approximate surface area is 110 Å². The van der Waals surface area contributed by atoms with Gasteiger partial charge in [-0.2, -0.15) is 0 Å². The van der Waals surface area contributed by atoms with Gasteiger partial charge in [-0.25, -0.2) is 0 Å². The molecule has 19 heavy (non-hydrogen) atoms. The molecule has 0 spiro atoms. The highest BCUT2D eigenvalue weighted by atomic mass is 16.6. The van der Waals surface area contributed by atoms with Crippen molar-refractivity contribution >= 4 is 17.3 Å². The van der Waals surface area contributed by atoms with Crippen molar-refractivity contribution in [1.82, 2.24) is 10.3 Å². The Morgan fingerprint density at radius 1 is 1.63 bits per heavy atom. The number of anilines is 1. The number of methoxy groups -OCH3 is 1. The molecule has 0 aliphatic carbocycles. The number of nitro groups is 1. The van der Waals surface area contributed by atoms with E-state index in [1.807, 2.05) is 0 Å². The zero-order chi connectivity index (χ0) is 14.3. The summed E-state index contributed by atoms with van der Waals surface area (Å²) >= 11 is 0. The maximum Gasteiger partial charge on any atom is 0.310 e. The predicted octanol–water partition coefficient (Wildman–Crippen LogP) is 0.553. The first-order valence-electron chi connectivity index (χ1n) is 5.68. The van der Waals surface area contributed by atoms with Gasteiger partial charge in [0, 0.05) is 19.9 Å². The third-order valence-electron chi connectivity index (χ3n) is 2.37. The number of rotatable bonds is 7. The Balaban J connectivity index is 2.63. The van der Waals surface area contributed by atoms with Gasteiger partial charge in [0.2, 0.25) is 5.91 Å². The smallest absolute Gasteiger partial charge is 0.310 e. The van der Waals surface area contributed by atoms with Gasteiger partial charge in [0.15, 0.2) is 0 Å². The molecule has 0 saturated carbocycles. The molecule has 1 aromatic heterocycles.